The number of hydrogen-bond acceptors (Lipinski definition) is 3. The molecule has 0 saturated carbocycles. The van der Waals surface area contributed by atoms with Gasteiger partial charge >= 0.3 is 6.18 Å². The molecule has 0 aliphatic heterocycles. The minimum Gasteiger partial charge on any atom is -0.307 e. The Labute approximate surface area is 97.0 Å². The van der Waals surface area contributed by atoms with Gasteiger partial charge in [0, 0.05) is 24.0 Å². The van der Waals surface area contributed by atoms with E-state index in [0.717, 1.165) is 18.5 Å². The highest BCUT2D eigenvalue weighted by atomic mass is 19.4. The normalized spacial score (nSPS) is 11.9. The first-order valence-corrected chi connectivity index (χ1v) is 5.10. The second-order valence-electron chi connectivity index (χ2n) is 3.88. The molecule has 0 saturated heterocycles. The Morgan fingerprint density at radius 1 is 1.47 bits per heavy atom. The minimum atomic E-state index is -4.54. The van der Waals surface area contributed by atoms with Gasteiger partial charge in [0.15, 0.2) is 5.78 Å². The van der Waals surface area contributed by atoms with Crippen molar-refractivity contribution in [3.63, 3.8) is 0 Å². The Balaban J connectivity index is 2.94. The summed E-state index contributed by atoms with van der Waals surface area (Å²) < 4.78 is 37.8. The van der Waals surface area contributed by atoms with Crippen molar-refractivity contribution in [3.05, 3.63) is 29.6 Å². The van der Waals surface area contributed by atoms with Crippen molar-refractivity contribution in [2.24, 2.45) is 0 Å². The number of carbonyl (C=O) groups excluding carboxylic acids is 1. The summed E-state index contributed by atoms with van der Waals surface area (Å²) in [5.41, 5.74) is -1.34. The lowest BCUT2D eigenvalue weighted by atomic mass is 10.1. The third-order valence-electron chi connectivity index (χ3n) is 2.10. The van der Waals surface area contributed by atoms with Crippen LogP contribution in [-0.4, -0.2) is 23.4 Å². The van der Waals surface area contributed by atoms with Gasteiger partial charge in [0.05, 0.1) is 12.1 Å². The molecule has 0 aliphatic rings. The van der Waals surface area contributed by atoms with Gasteiger partial charge < -0.3 is 5.32 Å². The van der Waals surface area contributed by atoms with Gasteiger partial charge in [0.1, 0.15) is 0 Å². The molecule has 0 unspecified atom stereocenters. The van der Waals surface area contributed by atoms with Crippen molar-refractivity contribution < 1.29 is 18.0 Å². The van der Waals surface area contributed by atoms with E-state index in [1.54, 1.807) is 13.8 Å². The summed E-state index contributed by atoms with van der Waals surface area (Å²) in [5.74, 6) is -0.612. The summed E-state index contributed by atoms with van der Waals surface area (Å²) in [6.45, 7) is 3.48. The molecule has 1 N–H and O–H groups in total. The Bertz CT molecular complexity index is 402. The molecule has 17 heavy (non-hydrogen) atoms. The van der Waals surface area contributed by atoms with Crippen molar-refractivity contribution >= 4 is 5.78 Å². The molecule has 1 aromatic rings. The van der Waals surface area contributed by atoms with Gasteiger partial charge in [-0.2, -0.15) is 13.2 Å². The van der Waals surface area contributed by atoms with Crippen LogP contribution in [0.2, 0.25) is 0 Å². The van der Waals surface area contributed by atoms with Crippen LogP contribution < -0.4 is 5.32 Å². The Morgan fingerprint density at radius 3 is 2.65 bits per heavy atom. The van der Waals surface area contributed by atoms with Gasteiger partial charge in [-0.25, -0.2) is 0 Å². The van der Waals surface area contributed by atoms with Crippen molar-refractivity contribution in [1.82, 2.24) is 10.3 Å². The molecule has 1 aromatic heterocycles. The number of alkyl halides is 3. The van der Waals surface area contributed by atoms with Crippen LogP contribution in [-0.2, 0) is 6.18 Å². The smallest absolute Gasteiger partial charge is 0.307 e. The maximum absolute atomic E-state index is 12.6. The van der Waals surface area contributed by atoms with Crippen LogP contribution in [0.15, 0.2) is 18.5 Å². The van der Waals surface area contributed by atoms with E-state index in [4.69, 9.17) is 0 Å². The molecule has 0 aliphatic carbocycles. The summed E-state index contributed by atoms with van der Waals surface area (Å²) in [5, 5.41) is 2.78. The topological polar surface area (TPSA) is 42.0 Å². The molecule has 0 spiro atoms. The largest absolute Gasteiger partial charge is 0.417 e. The second-order valence-corrected chi connectivity index (χ2v) is 3.88. The summed E-state index contributed by atoms with van der Waals surface area (Å²) >= 11 is 0. The van der Waals surface area contributed by atoms with Gasteiger partial charge in [0.2, 0.25) is 0 Å². The molecule has 0 radical (unpaired) electrons. The number of rotatable bonds is 4. The molecule has 6 heteroatoms. The van der Waals surface area contributed by atoms with Crippen LogP contribution in [0.5, 0.6) is 0 Å². The SMILES string of the molecule is CC(C)NCC(=O)c1cnccc1C(F)(F)F. The molecule has 0 aromatic carbocycles. The van der Waals surface area contributed by atoms with Gasteiger partial charge in [-0.1, -0.05) is 13.8 Å². The number of aromatic nitrogens is 1. The quantitative estimate of drug-likeness (QED) is 0.829. The van der Waals surface area contributed by atoms with E-state index in [0.29, 0.717) is 0 Å². The van der Waals surface area contributed by atoms with Gasteiger partial charge in [-0.3, -0.25) is 9.78 Å². The van der Waals surface area contributed by atoms with Crippen molar-refractivity contribution in [2.75, 3.05) is 6.54 Å². The number of halogens is 3. The third-order valence-corrected chi connectivity index (χ3v) is 2.10. The molecular weight excluding hydrogens is 233 g/mol. The van der Waals surface area contributed by atoms with E-state index in [1.165, 1.54) is 0 Å². The zero-order valence-corrected chi connectivity index (χ0v) is 9.51. The summed E-state index contributed by atoms with van der Waals surface area (Å²) in [7, 11) is 0. The number of Topliss-reactive ketones (excluding diaryl/α,β-unsaturated/α-hetero) is 1. The van der Waals surface area contributed by atoms with Crippen LogP contribution in [0.1, 0.15) is 29.8 Å². The zero-order valence-electron chi connectivity index (χ0n) is 9.51. The standard InChI is InChI=1S/C11H13F3N2O/c1-7(2)16-6-10(17)8-5-15-4-3-9(8)11(12,13)14/h3-5,7,16H,6H2,1-2H3. The lowest BCUT2D eigenvalue weighted by Gasteiger charge is -2.12. The molecule has 1 rings (SSSR count). The molecule has 0 atom stereocenters. The van der Waals surface area contributed by atoms with E-state index >= 15 is 0 Å². The highest BCUT2D eigenvalue weighted by Gasteiger charge is 2.34. The minimum absolute atomic E-state index is 0.0324. The number of nitrogens with zero attached hydrogens (tertiary/aromatic N) is 1. The number of pyridine rings is 1. The molecule has 3 nitrogen and oxygen atoms in total. The average molecular weight is 246 g/mol. The van der Waals surface area contributed by atoms with Crippen LogP contribution in [0.3, 0.4) is 0 Å². The fourth-order valence-electron chi connectivity index (χ4n) is 1.26. The number of carbonyl (C=O) groups is 1. The Hall–Kier alpha value is -1.43. The number of hydrogen-bond donors (Lipinski definition) is 1. The fourth-order valence-corrected chi connectivity index (χ4v) is 1.26. The van der Waals surface area contributed by atoms with Crippen LogP contribution in [0, 0.1) is 0 Å². The monoisotopic (exact) mass is 246 g/mol. The van der Waals surface area contributed by atoms with Gasteiger partial charge in [0.25, 0.3) is 0 Å². The van der Waals surface area contributed by atoms with Crippen LogP contribution in [0.25, 0.3) is 0 Å². The lowest BCUT2D eigenvalue weighted by molar-refractivity contribution is -0.138. The highest BCUT2D eigenvalue weighted by molar-refractivity contribution is 5.98. The maximum atomic E-state index is 12.6. The van der Waals surface area contributed by atoms with Crippen molar-refractivity contribution in [1.29, 1.82) is 0 Å². The molecule has 1 heterocycles. The number of nitrogens with one attached hydrogen (secondary N) is 1. The fraction of sp³-hybridized carbons (Fsp3) is 0.455. The van der Waals surface area contributed by atoms with Gasteiger partial charge in [-0.15, -0.1) is 0 Å². The van der Waals surface area contributed by atoms with Crippen LogP contribution in [0.4, 0.5) is 13.2 Å². The van der Waals surface area contributed by atoms with Crippen molar-refractivity contribution in [2.45, 2.75) is 26.1 Å². The molecule has 94 valence electrons. The third kappa shape index (κ3) is 3.81. The second kappa shape index (κ2) is 5.27. The molecular formula is C11H13F3N2O. The summed E-state index contributed by atoms with van der Waals surface area (Å²) in [6.07, 6.45) is -2.56. The molecule has 0 bridgehead atoms. The molecule has 0 fully saturated rings. The molecule has 0 amide bonds. The summed E-state index contributed by atoms with van der Waals surface area (Å²) in [4.78, 5) is 15.2. The Kier molecular flexibility index (Phi) is 4.22. The van der Waals surface area contributed by atoms with Gasteiger partial charge in [-0.05, 0) is 6.07 Å². The zero-order chi connectivity index (χ0) is 13.1. The van der Waals surface area contributed by atoms with E-state index in [2.05, 4.69) is 10.3 Å². The first-order valence-electron chi connectivity index (χ1n) is 5.10. The summed E-state index contributed by atoms with van der Waals surface area (Å²) in [6, 6.07) is 0.841. The first-order chi connectivity index (χ1) is 7.82. The lowest BCUT2D eigenvalue weighted by Crippen LogP contribution is -2.30. The van der Waals surface area contributed by atoms with E-state index in [1.807, 2.05) is 0 Å². The number of ketones is 1. The van der Waals surface area contributed by atoms with E-state index in [-0.39, 0.29) is 12.6 Å². The predicted molar refractivity (Wildman–Crippen MR) is 56.7 cm³/mol. The van der Waals surface area contributed by atoms with Crippen molar-refractivity contribution in [3.8, 4) is 0 Å². The van der Waals surface area contributed by atoms with Crippen LogP contribution >= 0.6 is 0 Å². The average Bonchev–Trinajstić information content (AvgIpc) is 2.24. The first kappa shape index (κ1) is 13.6. The van der Waals surface area contributed by atoms with E-state index in [9.17, 15) is 18.0 Å². The highest BCUT2D eigenvalue weighted by Crippen LogP contribution is 2.31. The Morgan fingerprint density at radius 2 is 2.12 bits per heavy atom. The van der Waals surface area contributed by atoms with E-state index < -0.39 is 23.1 Å². The predicted octanol–water partition coefficient (Wildman–Crippen LogP) is 2.28. The maximum Gasteiger partial charge on any atom is 0.417 e.